The number of anilines is 1. The van der Waals surface area contributed by atoms with E-state index in [-0.39, 0.29) is 0 Å². The van der Waals surface area contributed by atoms with Gasteiger partial charge in [-0.2, -0.15) is 4.68 Å². The van der Waals surface area contributed by atoms with Gasteiger partial charge in [0.05, 0.1) is 6.20 Å². The summed E-state index contributed by atoms with van der Waals surface area (Å²) in [6.07, 6.45) is 1.98. The number of hydrogen-bond acceptors (Lipinski definition) is 3. The van der Waals surface area contributed by atoms with Crippen LogP contribution in [0.3, 0.4) is 0 Å². The topological polar surface area (TPSA) is 44.6 Å². The minimum absolute atomic E-state index is 0.812. The maximum Gasteiger partial charge on any atom is 0.274 e. The van der Waals surface area contributed by atoms with E-state index >= 15 is 0 Å². The van der Waals surface area contributed by atoms with E-state index in [1.165, 1.54) is 16.3 Å². The molecule has 0 saturated carbocycles. The van der Waals surface area contributed by atoms with Crippen LogP contribution in [0.4, 0.5) is 5.82 Å². The minimum atomic E-state index is 0.812. The van der Waals surface area contributed by atoms with E-state index in [4.69, 9.17) is 17.3 Å². The number of aromatic nitrogens is 4. The van der Waals surface area contributed by atoms with Gasteiger partial charge >= 0.3 is 0 Å². The van der Waals surface area contributed by atoms with Crippen LogP contribution in [0.15, 0.2) is 48.7 Å². The highest BCUT2D eigenvalue weighted by Crippen LogP contribution is 2.22. The van der Waals surface area contributed by atoms with Gasteiger partial charge in [-0.3, -0.25) is 4.90 Å². The van der Waals surface area contributed by atoms with E-state index in [0.717, 1.165) is 55.6 Å². The van der Waals surface area contributed by atoms with Gasteiger partial charge < -0.3 is 9.47 Å². The first-order valence-corrected chi connectivity index (χ1v) is 10.4. The van der Waals surface area contributed by atoms with Gasteiger partial charge in [0.1, 0.15) is 26.2 Å². The van der Waals surface area contributed by atoms with E-state index in [9.17, 15) is 0 Å². The molecule has 6 nitrogen and oxygen atoms in total. The molecule has 1 saturated heterocycles. The van der Waals surface area contributed by atoms with Crippen molar-refractivity contribution in [2.45, 2.75) is 27.1 Å². The van der Waals surface area contributed by atoms with Crippen LogP contribution in [0.5, 0.6) is 0 Å². The Kier molecular flexibility index (Phi) is 5.54. The minimum Gasteiger partial charge on any atom is -0.310 e. The van der Waals surface area contributed by atoms with E-state index in [1.807, 2.05) is 16.9 Å². The van der Waals surface area contributed by atoms with Gasteiger partial charge in [-0.15, -0.1) is 5.10 Å². The summed E-state index contributed by atoms with van der Waals surface area (Å²) >= 11 is 5.76. The number of H-pyrrole nitrogens is 1. The third-order valence-electron chi connectivity index (χ3n) is 5.50. The number of quaternary nitrogens is 1. The molecule has 3 heterocycles. The van der Waals surface area contributed by atoms with Crippen LogP contribution in [0.2, 0.25) is 0 Å². The molecule has 2 N–H and O–H groups in total. The summed E-state index contributed by atoms with van der Waals surface area (Å²) in [5.41, 5.74) is 2.39. The second-order valence-corrected chi connectivity index (χ2v) is 7.67. The van der Waals surface area contributed by atoms with E-state index in [1.54, 1.807) is 0 Å². The molecule has 0 aliphatic carbocycles. The third-order valence-corrected chi connectivity index (χ3v) is 5.93. The van der Waals surface area contributed by atoms with Gasteiger partial charge in [0.25, 0.3) is 5.82 Å². The SMILES string of the molecule is CCn1c(-c2ccccc2C)nn(C[NH+]2CCN(c3cccc[nH+]3)CC2)c1=S. The quantitative estimate of drug-likeness (QED) is 0.666. The Morgan fingerprint density at radius 2 is 1.86 bits per heavy atom. The molecular weight excluding hydrogens is 368 g/mol. The fourth-order valence-corrected chi connectivity index (χ4v) is 4.19. The summed E-state index contributed by atoms with van der Waals surface area (Å²) in [5, 5.41) is 4.92. The standard InChI is InChI=1S/C21H26N6S/c1-3-26-20(18-9-5-4-8-17(18)2)23-27(21(26)28)16-24-12-14-25(15-13-24)19-10-6-7-11-22-19/h4-11H,3,12-16H2,1-2H3/p+2. The largest absolute Gasteiger partial charge is 0.310 e. The molecular formula is C21H28N6S+2. The second-order valence-electron chi connectivity index (χ2n) is 7.31. The number of hydrogen-bond donors (Lipinski definition) is 1. The molecule has 0 atom stereocenters. The zero-order valence-electron chi connectivity index (χ0n) is 16.6. The van der Waals surface area contributed by atoms with Crippen molar-refractivity contribution in [2.24, 2.45) is 0 Å². The van der Waals surface area contributed by atoms with Crippen molar-refractivity contribution >= 4 is 18.0 Å². The van der Waals surface area contributed by atoms with Crippen LogP contribution in [0, 0.1) is 11.7 Å². The lowest BCUT2D eigenvalue weighted by molar-refractivity contribution is -0.924. The highest BCUT2D eigenvalue weighted by Gasteiger charge is 2.26. The number of pyridine rings is 1. The summed E-state index contributed by atoms with van der Waals surface area (Å²) < 4.78 is 4.97. The highest BCUT2D eigenvalue weighted by atomic mass is 32.1. The van der Waals surface area contributed by atoms with Crippen LogP contribution in [0.25, 0.3) is 11.4 Å². The summed E-state index contributed by atoms with van der Waals surface area (Å²) in [5.74, 6) is 2.16. The second kappa shape index (κ2) is 8.24. The first-order chi connectivity index (χ1) is 13.7. The van der Waals surface area contributed by atoms with Crippen LogP contribution in [-0.2, 0) is 13.2 Å². The predicted octanol–water partition coefficient (Wildman–Crippen LogP) is 1.59. The Bertz CT molecular complexity index is 986. The molecule has 2 aromatic heterocycles. The summed E-state index contributed by atoms with van der Waals surface area (Å²) in [7, 11) is 0. The van der Waals surface area contributed by atoms with Crippen molar-refractivity contribution in [1.82, 2.24) is 14.3 Å². The van der Waals surface area contributed by atoms with Crippen molar-refractivity contribution in [1.29, 1.82) is 0 Å². The first-order valence-electron chi connectivity index (χ1n) is 9.96. The molecule has 0 spiro atoms. The Morgan fingerprint density at radius 3 is 2.54 bits per heavy atom. The lowest BCUT2D eigenvalue weighted by atomic mass is 10.1. The smallest absolute Gasteiger partial charge is 0.274 e. The Morgan fingerprint density at radius 1 is 1.11 bits per heavy atom. The van der Waals surface area contributed by atoms with Crippen molar-refractivity contribution in [3.05, 3.63) is 59.0 Å². The Hall–Kier alpha value is -2.51. The normalized spacial score (nSPS) is 15.1. The van der Waals surface area contributed by atoms with E-state index < -0.39 is 0 Å². The molecule has 28 heavy (non-hydrogen) atoms. The third kappa shape index (κ3) is 3.72. The molecule has 0 amide bonds. The molecule has 1 fully saturated rings. The lowest BCUT2D eigenvalue weighted by Crippen LogP contribution is -3.14. The number of benzene rings is 1. The van der Waals surface area contributed by atoms with Crippen molar-refractivity contribution in [2.75, 3.05) is 31.1 Å². The molecule has 7 heteroatoms. The molecule has 1 aliphatic heterocycles. The zero-order chi connectivity index (χ0) is 19.5. The number of aromatic amines is 1. The number of aryl methyl sites for hydroxylation is 1. The van der Waals surface area contributed by atoms with Crippen molar-refractivity contribution in [3.8, 4) is 11.4 Å². The summed E-state index contributed by atoms with van der Waals surface area (Å²) in [6, 6.07) is 14.6. The van der Waals surface area contributed by atoms with Crippen LogP contribution >= 0.6 is 12.2 Å². The number of nitrogens with zero attached hydrogens (tertiary/aromatic N) is 4. The zero-order valence-corrected chi connectivity index (χ0v) is 17.4. The van der Waals surface area contributed by atoms with Gasteiger partial charge in [0.15, 0.2) is 12.5 Å². The fraction of sp³-hybridized carbons (Fsp3) is 0.381. The summed E-state index contributed by atoms with van der Waals surface area (Å²) in [6.45, 7) is 10.1. The van der Waals surface area contributed by atoms with E-state index in [0.29, 0.717) is 0 Å². The first kappa shape index (κ1) is 18.8. The van der Waals surface area contributed by atoms with Crippen LogP contribution in [-0.4, -0.2) is 40.5 Å². The predicted molar refractivity (Wildman–Crippen MR) is 113 cm³/mol. The molecule has 0 bridgehead atoms. The fourth-order valence-electron chi connectivity index (χ4n) is 3.87. The van der Waals surface area contributed by atoms with Crippen molar-refractivity contribution in [3.63, 3.8) is 0 Å². The van der Waals surface area contributed by atoms with Gasteiger partial charge in [-0.1, -0.05) is 30.3 Å². The molecule has 0 unspecified atom stereocenters. The summed E-state index contributed by atoms with van der Waals surface area (Å²) in [4.78, 5) is 7.26. The highest BCUT2D eigenvalue weighted by molar-refractivity contribution is 7.71. The monoisotopic (exact) mass is 396 g/mol. The number of piperazine rings is 1. The molecule has 4 rings (SSSR count). The molecule has 1 aromatic carbocycles. The lowest BCUT2D eigenvalue weighted by Gasteiger charge is -2.27. The Balaban J connectivity index is 1.50. The van der Waals surface area contributed by atoms with Crippen LogP contribution in [0.1, 0.15) is 12.5 Å². The van der Waals surface area contributed by atoms with Crippen molar-refractivity contribution < 1.29 is 9.88 Å². The average molecular weight is 397 g/mol. The molecule has 0 radical (unpaired) electrons. The van der Waals surface area contributed by atoms with Gasteiger partial charge in [0.2, 0.25) is 4.77 Å². The Labute approximate surface area is 171 Å². The number of rotatable bonds is 5. The molecule has 3 aromatic rings. The van der Waals surface area contributed by atoms with Crippen LogP contribution < -0.4 is 14.8 Å². The maximum absolute atomic E-state index is 5.76. The molecule has 146 valence electrons. The van der Waals surface area contributed by atoms with Gasteiger partial charge in [0, 0.05) is 18.2 Å². The number of nitrogens with one attached hydrogen (secondary N) is 2. The van der Waals surface area contributed by atoms with E-state index in [2.05, 4.69) is 64.7 Å². The van der Waals surface area contributed by atoms with Gasteiger partial charge in [-0.05, 0) is 37.7 Å². The maximum atomic E-state index is 5.76. The average Bonchev–Trinajstić information content (AvgIpc) is 3.04. The molecule has 1 aliphatic rings. The van der Waals surface area contributed by atoms with Gasteiger partial charge in [-0.25, -0.2) is 4.98 Å².